The van der Waals surface area contributed by atoms with Gasteiger partial charge < -0.3 is 9.09 Å². The predicted molar refractivity (Wildman–Crippen MR) is 41.5 cm³/mol. The molecule has 0 fully saturated rings. The average molecular weight is 185 g/mol. The predicted octanol–water partition coefficient (Wildman–Crippen LogP) is 1.12. The lowest BCUT2D eigenvalue weighted by Crippen LogP contribution is -1.78. The number of imidazole rings is 1. The summed E-state index contributed by atoms with van der Waals surface area (Å²) in [5, 5.41) is 3.53. The van der Waals surface area contributed by atoms with Gasteiger partial charge in [0.05, 0.1) is 6.33 Å². The van der Waals surface area contributed by atoms with Crippen LogP contribution >= 0.6 is 11.6 Å². The standard InChI is InChI=1S/C6H5ClN4O/c1-11-2-4(8-3-11)5-9-6(7)10-12-5/h2-3H,1H3. The Hall–Kier alpha value is -1.36. The zero-order valence-electron chi connectivity index (χ0n) is 6.23. The lowest BCUT2D eigenvalue weighted by Gasteiger charge is -1.82. The Balaban J connectivity index is 2.43. The quantitative estimate of drug-likeness (QED) is 0.667. The van der Waals surface area contributed by atoms with Crippen molar-refractivity contribution in [2.24, 2.45) is 7.05 Å². The van der Waals surface area contributed by atoms with Crippen molar-refractivity contribution in [2.45, 2.75) is 0 Å². The molecule has 0 aliphatic rings. The first-order chi connectivity index (χ1) is 5.75. The van der Waals surface area contributed by atoms with Crippen LogP contribution in [0, 0.1) is 0 Å². The van der Waals surface area contributed by atoms with Crippen LogP contribution in [0.25, 0.3) is 11.6 Å². The molecule has 12 heavy (non-hydrogen) atoms. The zero-order valence-corrected chi connectivity index (χ0v) is 6.99. The molecular formula is C6H5ClN4O. The van der Waals surface area contributed by atoms with Gasteiger partial charge in [-0.3, -0.25) is 0 Å². The van der Waals surface area contributed by atoms with E-state index >= 15 is 0 Å². The second kappa shape index (κ2) is 2.60. The molecule has 0 unspecified atom stereocenters. The molecule has 6 heteroatoms. The minimum atomic E-state index is 0.0932. The summed E-state index contributed by atoms with van der Waals surface area (Å²) < 4.78 is 6.58. The van der Waals surface area contributed by atoms with Crippen molar-refractivity contribution in [2.75, 3.05) is 0 Å². The highest BCUT2D eigenvalue weighted by molar-refractivity contribution is 6.28. The molecule has 0 radical (unpaired) electrons. The van der Waals surface area contributed by atoms with Crippen LogP contribution in [0.15, 0.2) is 17.0 Å². The highest BCUT2D eigenvalue weighted by Crippen LogP contribution is 2.15. The molecule has 2 aromatic rings. The number of rotatable bonds is 1. The summed E-state index contributed by atoms with van der Waals surface area (Å²) in [6.45, 7) is 0. The van der Waals surface area contributed by atoms with Crippen LogP contribution in [-0.4, -0.2) is 19.7 Å². The van der Waals surface area contributed by atoms with E-state index in [-0.39, 0.29) is 5.28 Å². The SMILES string of the molecule is Cn1cnc(-c2nc(Cl)no2)c1. The minimum Gasteiger partial charge on any atom is -0.340 e. The summed E-state index contributed by atoms with van der Waals surface area (Å²) in [4.78, 5) is 7.81. The summed E-state index contributed by atoms with van der Waals surface area (Å²) in [5.41, 5.74) is 0.622. The normalized spacial score (nSPS) is 10.5. The van der Waals surface area contributed by atoms with E-state index in [1.165, 1.54) is 0 Å². The first-order valence-corrected chi connectivity index (χ1v) is 3.61. The molecule has 62 valence electrons. The fourth-order valence-corrected chi connectivity index (χ4v) is 0.944. The molecule has 0 saturated carbocycles. The lowest BCUT2D eigenvalue weighted by molar-refractivity contribution is 0.429. The van der Waals surface area contributed by atoms with E-state index in [0.29, 0.717) is 11.6 Å². The van der Waals surface area contributed by atoms with Gasteiger partial charge in [0.1, 0.15) is 5.69 Å². The van der Waals surface area contributed by atoms with Crippen LogP contribution in [0.3, 0.4) is 0 Å². The van der Waals surface area contributed by atoms with E-state index < -0.39 is 0 Å². The number of halogens is 1. The van der Waals surface area contributed by atoms with E-state index in [4.69, 9.17) is 16.1 Å². The fraction of sp³-hybridized carbons (Fsp3) is 0.167. The van der Waals surface area contributed by atoms with Crippen LogP contribution in [0.4, 0.5) is 0 Å². The van der Waals surface area contributed by atoms with Crippen molar-refractivity contribution in [3.05, 3.63) is 17.8 Å². The molecule has 0 aliphatic heterocycles. The molecular weight excluding hydrogens is 180 g/mol. The first kappa shape index (κ1) is 7.30. The third-order valence-corrected chi connectivity index (χ3v) is 1.48. The smallest absolute Gasteiger partial charge is 0.279 e. The molecule has 2 rings (SSSR count). The van der Waals surface area contributed by atoms with Crippen LogP contribution < -0.4 is 0 Å². The first-order valence-electron chi connectivity index (χ1n) is 3.23. The van der Waals surface area contributed by atoms with Crippen molar-refractivity contribution >= 4 is 11.6 Å². The van der Waals surface area contributed by atoms with Gasteiger partial charge in [0, 0.05) is 13.2 Å². The van der Waals surface area contributed by atoms with Crippen LogP contribution in [0.5, 0.6) is 0 Å². The number of nitrogens with zero attached hydrogens (tertiary/aromatic N) is 4. The number of aromatic nitrogens is 4. The zero-order chi connectivity index (χ0) is 8.55. The maximum atomic E-state index is 5.47. The number of hydrogen-bond donors (Lipinski definition) is 0. The Kier molecular flexibility index (Phi) is 1.58. The van der Waals surface area contributed by atoms with Crippen LogP contribution in [0.2, 0.25) is 5.28 Å². The van der Waals surface area contributed by atoms with E-state index in [1.807, 2.05) is 7.05 Å². The topological polar surface area (TPSA) is 56.7 Å². The van der Waals surface area contributed by atoms with Gasteiger partial charge in [-0.1, -0.05) is 0 Å². The Morgan fingerprint density at radius 2 is 2.42 bits per heavy atom. The van der Waals surface area contributed by atoms with Crippen LogP contribution in [0.1, 0.15) is 0 Å². The maximum Gasteiger partial charge on any atom is 0.279 e. The highest BCUT2D eigenvalue weighted by atomic mass is 35.5. The molecule has 0 saturated heterocycles. The summed E-state index contributed by atoms with van der Waals surface area (Å²) >= 11 is 5.47. The van der Waals surface area contributed by atoms with Gasteiger partial charge in [-0.25, -0.2) is 4.98 Å². The van der Waals surface area contributed by atoms with Crippen molar-refractivity contribution < 1.29 is 4.52 Å². The fourth-order valence-electron chi connectivity index (χ4n) is 0.833. The van der Waals surface area contributed by atoms with E-state index in [9.17, 15) is 0 Å². The van der Waals surface area contributed by atoms with Crippen molar-refractivity contribution in [1.29, 1.82) is 0 Å². The molecule has 0 spiro atoms. The molecule has 0 N–H and O–H groups in total. The van der Waals surface area contributed by atoms with Gasteiger partial charge >= 0.3 is 0 Å². The molecule has 0 aliphatic carbocycles. The van der Waals surface area contributed by atoms with E-state index in [1.54, 1.807) is 17.1 Å². The maximum absolute atomic E-state index is 5.47. The van der Waals surface area contributed by atoms with Gasteiger partial charge in [-0.15, -0.1) is 0 Å². The monoisotopic (exact) mass is 184 g/mol. The highest BCUT2D eigenvalue weighted by Gasteiger charge is 2.08. The van der Waals surface area contributed by atoms with Gasteiger partial charge in [-0.2, -0.15) is 4.98 Å². The minimum absolute atomic E-state index is 0.0932. The molecule has 0 aromatic carbocycles. The second-order valence-corrected chi connectivity index (χ2v) is 2.63. The number of hydrogen-bond acceptors (Lipinski definition) is 4. The Morgan fingerprint density at radius 3 is 2.92 bits per heavy atom. The van der Waals surface area contributed by atoms with E-state index in [2.05, 4.69) is 15.1 Å². The van der Waals surface area contributed by atoms with Gasteiger partial charge in [-0.05, 0) is 16.8 Å². The molecule has 5 nitrogen and oxygen atoms in total. The second-order valence-electron chi connectivity index (χ2n) is 2.29. The molecule has 0 amide bonds. The molecule has 0 bridgehead atoms. The Bertz CT molecular complexity index is 355. The van der Waals surface area contributed by atoms with Crippen molar-refractivity contribution in [3.8, 4) is 11.6 Å². The summed E-state index contributed by atoms with van der Waals surface area (Å²) in [6.07, 6.45) is 3.41. The van der Waals surface area contributed by atoms with Gasteiger partial charge in [0.15, 0.2) is 0 Å². The lowest BCUT2D eigenvalue weighted by atomic mass is 10.5. The van der Waals surface area contributed by atoms with Crippen molar-refractivity contribution in [1.82, 2.24) is 19.7 Å². The summed E-state index contributed by atoms with van der Waals surface area (Å²) in [5.74, 6) is 0.334. The van der Waals surface area contributed by atoms with Gasteiger partial charge in [0.2, 0.25) is 0 Å². The average Bonchev–Trinajstić information content (AvgIpc) is 2.58. The third kappa shape index (κ3) is 1.18. The summed E-state index contributed by atoms with van der Waals surface area (Å²) in [7, 11) is 1.86. The van der Waals surface area contributed by atoms with Crippen LogP contribution in [-0.2, 0) is 7.05 Å². The molecule has 0 atom stereocenters. The van der Waals surface area contributed by atoms with E-state index in [0.717, 1.165) is 0 Å². The largest absolute Gasteiger partial charge is 0.340 e. The molecule has 2 heterocycles. The Morgan fingerprint density at radius 1 is 1.58 bits per heavy atom. The molecule has 2 aromatic heterocycles. The number of aryl methyl sites for hydroxylation is 1. The summed E-state index contributed by atoms with van der Waals surface area (Å²) in [6, 6.07) is 0. The van der Waals surface area contributed by atoms with Crippen molar-refractivity contribution in [3.63, 3.8) is 0 Å². The van der Waals surface area contributed by atoms with Gasteiger partial charge in [0.25, 0.3) is 11.2 Å². The Labute approximate surface area is 73.0 Å². The third-order valence-electron chi connectivity index (χ3n) is 1.33.